The molecule has 5 heteroatoms. The number of amides is 1. The molecule has 1 N–H and O–H groups in total. The molecule has 1 amide bonds. The third kappa shape index (κ3) is 3.39. The standard InChI is InChI=1S/C21H24FNO3/c1-4-21(5-2)13-17(15-8-6-7-9-18(15)26-21)23-20(24)14-10-11-19(25-3)16(22)12-14/h6-12,17H,4-5,13H2,1-3H3,(H,23,24). The molecule has 1 heterocycles. The molecule has 2 aromatic rings. The summed E-state index contributed by atoms with van der Waals surface area (Å²) in [6.07, 6.45) is 2.38. The highest BCUT2D eigenvalue weighted by atomic mass is 19.1. The first-order chi connectivity index (χ1) is 12.5. The number of nitrogens with one attached hydrogen (secondary N) is 1. The van der Waals surface area contributed by atoms with Crippen LogP contribution in [-0.2, 0) is 0 Å². The first-order valence-electron chi connectivity index (χ1n) is 8.94. The Morgan fingerprint density at radius 2 is 2.00 bits per heavy atom. The fraction of sp³-hybridized carbons (Fsp3) is 0.381. The van der Waals surface area contributed by atoms with Crippen molar-refractivity contribution >= 4 is 5.91 Å². The lowest BCUT2D eigenvalue weighted by atomic mass is 9.83. The molecule has 138 valence electrons. The molecule has 1 unspecified atom stereocenters. The molecule has 0 radical (unpaired) electrons. The van der Waals surface area contributed by atoms with Crippen molar-refractivity contribution in [2.45, 2.75) is 44.8 Å². The van der Waals surface area contributed by atoms with Crippen LogP contribution in [0.15, 0.2) is 42.5 Å². The molecule has 0 fully saturated rings. The van der Waals surface area contributed by atoms with Gasteiger partial charge in [0, 0.05) is 17.5 Å². The number of benzene rings is 2. The maximum atomic E-state index is 13.9. The Bertz CT molecular complexity index is 802. The van der Waals surface area contributed by atoms with E-state index in [1.54, 1.807) is 6.07 Å². The number of fused-ring (bicyclic) bond motifs is 1. The van der Waals surface area contributed by atoms with Gasteiger partial charge in [-0.15, -0.1) is 0 Å². The van der Waals surface area contributed by atoms with Crippen LogP contribution in [0.1, 0.15) is 55.1 Å². The van der Waals surface area contributed by atoms with Gasteiger partial charge in [-0.2, -0.15) is 0 Å². The first kappa shape index (κ1) is 18.2. The van der Waals surface area contributed by atoms with Crippen LogP contribution in [0.5, 0.6) is 11.5 Å². The molecule has 0 spiro atoms. The summed E-state index contributed by atoms with van der Waals surface area (Å²) < 4.78 is 25.1. The third-order valence-electron chi connectivity index (χ3n) is 5.21. The van der Waals surface area contributed by atoms with E-state index < -0.39 is 5.82 Å². The molecule has 3 rings (SSSR count). The van der Waals surface area contributed by atoms with E-state index in [9.17, 15) is 9.18 Å². The van der Waals surface area contributed by atoms with E-state index in [0.29, 0.717) is 6.42 Å². The van der Waals surface area contributed by atoms with Crippen LogP contribution in [0.25, 0.3) is 0 Å². The molecular weight excluding hydrogens is 333 g/mol. The van der Waals surface area contributed by atoms with Crippen LogP contribution >= 0.6 is 0 Å². The van der Waals surface area contributed by atoms with Crippen LogP contribution in [0.2, 0.25) is 0 Å². The van der Waals surface area contributed by atoms with Crippen molar-refractivity contribution in [3.8, 4) is 11.5 Å². The van der Waals surface area contributed by atoms with Crippen molar-refractivity contribution in [1.82, 2.24) is 5.32 Å². The van der Waals surface area contributed by atoms with Gasteiger partial charge in [0.1, 0.15) is 11.4 Å². The molecule has 0 saturated carbocycles. The summed E-state index contributed by atoms with van der Waals surface area (Å²) in [5.74, 6) is 0.0564. The van der Waals surface area contributed by atoms with E-state index in [4.69, 9.17) is 9.47 Å². The first-order valence-corrected chi connectivity index (χ1v) is 8.94. The zero-order valence-electron chi connectivity index (χ0n) is 15.3. The van der Waals surface area contributed by atoms with Crippen molar-refractivity contribution in [2.24, 2.45) is 0 Å². The Hall–Kier alpha value is -2.56. The smallest absolute Gasteiger partial charge is 0.251 e. The number of hydrogen-bond acceptors (Lipinski definition) is 3. The predicted molar refractivity (Wildman–Crippen MR) is 98.2 cm³/mol. The van der Waals surface area contributed by atoms with Crippen LogP contribution in [0.4, 0.5) is 4.39 Å². The second-order valence-corrected chi connectivity index (χ2v) is 6.61. The maximum Gasteiger partial charge on any atom is 0.251 e. The summed E-state index contributed by atoms with van der Waals surface area (Å²) in [6.45, 7) is 4.18. The number of ether oxygens (including phenoxy) is 2. The molecule has 1 aliphatic heterocycles. The van der Waals surface area contributed by atoms with E-state index in [-0.39, 0.29) is 28.9 Å². The Morgan fingerprint density at radius 3 is 2.65 bits per heavy atom. The van der Waals surface area contributed by atoms with Gasteiger partial charge >= 0.3 is 0 Å². The second kappa shape index (κ2) is 7.36. The minimum Gasteiger partial charge on any atom is -0.494 e. The van der Waals surface area contributed by atoms with Crippen LogP contribution in [0.3, 0.4) is 0 Å². The summed E-state index contributed by atoms with van der Waals surface area (Å²) in [6, 6.07) is 11.8. The number of carbonyl (C=O) groups is 1. The molecule has 0 saturated heterocycles. The highest BCUT2D eigenvalue weighted by molar-refractivity contribution is 5.94. The number of carbonyl (C=O) groups excluding carboxylic acids is 1. The van der Waals surface area contributed by atoms with E-state index in [1.807, 2.05) is 24.3 Å². The van der Waals surface area contributed by atoms with Crippen molar-refractivity contribution in [2.75, 3.05) is 7.11 Å². The summed E-state index contributed by atoms with van der Waals surface area (Å²) >= 11 is 0. The second-order valence-electron chi connectivity index (χ2n) is 6.61. The van der Waals surface area contributed by atoms with Gasteiger partial charge in [-0.25, -0.2) is 4.39 Å². The molecule has 1 atom stereocenters. The fourth-order valence-corrected chi connectivity index (χ4v) is 3.48. The third-order valence-corrected chi connectivity index (χ3v) is 5.21. The zero-order chi connectivity index (χ0) is 18.7. The predicted octanol–water partition coefficient (Wildman–Crippen LogP) is 4.65. The Balaban J connectivity index is 1.88. The highest BCUT2D eigenvalue weighted by Gasteiger charge is 2.39. The molecular formula is C21H24FNO3. The number of methoxy groups -OCH3 is 1. The SMILES string of the molecule is CCC1(CC)CC(NC(=O)c2ccc(OC)c(F)c2)c2ccccc2O1. The van der Waals surface area contributed by atoms with E-state index in [1.165, 1.54) is 19.2 Å². The quantitative estimate of drug-likeness (QED) is 0.847. The molecule has 4 nitrogen and oxygen atoms in total. The Kier molecular flexibility index (Phi) is 5.16. The number of para-hydroxylation sites is 1. The number of rotatable bonds is 5. The summed E-state index contributed by atoms with van der Waals surface area (Å²) in [5, 5.41) is 3.05. The Morgan fingerprint density at radius 1 is 1.27 bits per heavy atom. The van der Waals surface area contributed by atoms with E-state index in [2.05, 4.69) is 19.2 Å². The molecule has 0 aliphatic carbocycles. The van der Waals surface area contributed by atoms with Crippen molar-refractivity contribution < 1.29 is 18.7 Å². The van der Waals surface area contributed by atoms with Gasteiger partial charge in [0.2, 0.25) is 0 Å². The summed E-state index contributed by atoms with van der Waals surface area (Å²) in [4.78, 5) is 12.7. The minimum atomic E-state index is -0.552. The van der Waals surface area contributed by atoms with Crippen LogP contribution in [-0.4, -0.2) is 18.6 Å². The van der Waals surface area contributed by atoms with Gasteiger partial charge in [-0.3, -0.25) is 4.79 Å². The van der Waals surface area contributed by atoms with Gasteiger partial charge in [0.25, 0.3) is 5.91 Å². The van der Waals surface area contributed by atoms with Gasteiger partial charge in [-0.05, 0) is 37.1 Å². The van der Waals surface area contributed by atoms with Gasteiger partial charge in [0.15, 0.2) is 11.6 Å². The number of halogens is 1. The average Bonchev–Trinajstić information content (AvgIpc) is 2.67. The van der Waals surface area contributed by atoms with Gasteiger partial charge in [-0.1, -0.05) is 32.0 Å². The molecule has 0 aromatic heterocycles. The molecule has 1 aliphatic rings. The summed E-state index contributed by atoms with van der Waals surface area (Å²) in [5.41, 5.74) is 0.913. The molecule has 2 aromatic carbocycles. The fourth-order valence-electron chi connectivity index (χ4n) is 3.48. The van der Waals surface area contributed by atoms with Crippen LogP contribution in [0, 0.1) is 5.82 Å². The van der Waals surface area contributed by atoms with Crippen molar-refractivity contribution in [3.05, 3.63) is 59.4 Å². The van der Waals surface area contributed by atoms with E-state index in [0.717, 1.165) is 24.2 Å². The zero-order valence-corrected chi connectivity index (χ0v) is 15.3. The lowest BCUT2D eigenvalue weighted by Gasteiger charge is -2.41. The lowest BCUT2D eigenvalue weighted by molar-refractivity contribution is 0.0227. The van der Waals surface area contributed by atoms with E-state index >= 15 is 0 Å². The lowest BCUT2D eigenvalue weighted by Crippen LogP contribution is -2.44. The highest BCUT2D eigenvalue weighted by Crippen LogP contribution is 2.42. The molecule has 0 bridgehead atoms. The van der Waals surface area contributed by atoms with Crippen molar-refractivity contribution in [1.29, 1.82) is 0 Å². The van der Waals surface area contributed by atoms with Gasteiger partial charge in [0.05, 0.1) is 13.2 Å². The Labute approximate surface area is 153 Å². The summed E-state index contributed by atoms with van der Waals surface area (Å²) in [7, 11) is 1.40. The monoisotopic (exact) mass is 357 g/mol. The largest absolute Gasteiger partial charge is 0.494 e. The normalized spacial score (nSPS) is 17.8. The van der Waals surface area contributed by atoms with Crippen LogP contribution < -0.4 is 14.8 Å². The maximum absolute atomic E-state index is 13.9. The van der Waals surface area contributed by atoms with Crippen molar-refractivity contribution in [3.63, 3.8) is 0 Å². The minimum absolute atomic E-state index is 0.119. The number of hydrogen-bond donors (Lipinski definition) is 1. The molecule has 26 heavy (non-hydrogen) atoms. The topological polar surface area (TPSA) is 47.6 Å². The van der Waals surface area contributed by atoms with Gasteiger partial charge < -0.3 is 14.8 Å². The average molecular weight is 357 g/mol.